The molecule has 0 unspecified atom stereocenters. The van der Waals surface area contributed by atoms with Crippen LogP contribution in [-0.2, 0) is 17.9 Å². The normalized spacial score (nSPS) is 15.0. The van der Waals surface area contributed by atoms with Crippen molar-refractivity contribution in [2.75, 3.05) is 37.0 Å². The number of carbonyl (C=O) groups is 1. The Kier molecular flexibility index (Phi) is 6.72. The van der Waals surface area contributed by atoms with Crippen LogP contribution >= 0.6 is 11.8 Å². The lowest BCUT2D eigenvalue weighted by molar-refractivity contribution is 0.102. The van der Waals surface area contributed by atoms with Gasteiger partial charge in [0.15, 0.2) is 0 Å². The molecule has 1 aliphatic heterocycles. The van der Waals surface area contributed by atoms with Gasteiger partial charge in [-0.15, -0.1) is 0 Å². The molecule has 2 aromatic rings. The molecule has 3 rings (SSSR count). The van der Waals surface area contributed by atoms with E-state index < -0.39 is 0 Å². The fraction of sp³-hybridized carbons (Fsp3) is 0.381. The summed E-state index contributed by atoms with van der Waals surface area (Å²) in [5.41, 5.74) is 5.03. The molecule has 5 heteroatoms. The first kappa shape index (κ1) is 19.0. The average molecular weight is 371 g/mol. The van der Waals surface area contributed by atoms with Crippen molar-refractivity contribution in [2.45, 2.75) is 20.1 Å². The lowest BCUT2D eigenvalue weighted by atomic mass is 10.1. The number of thioether (sulfide) groups is 1. The number of amides is 1. The van der Waals surface area contributed by atoms with Gasteiger partial charge < -0.3 is 10.1 Å². The van der Waals surface area contributed by atoms with Crippen LogP contribution in [0.1, 0.15) is 27.0 Å². The molecule has 0 saturated carbocycles. The Hall–Kier alpha value is -1.82. The minimum Gasteiger partial charge on any atom is -0.380 e. The van der Waals surface area contributed by atoms with E-state index in [1.54, 1.807) is 7.11 Å². The number of methoxy groups -OCH3 is 1. The summed E-state index contributed by atoms with van der Waals surface area (Å²) in [6.45, 7) is 5.86. The van der Waals surface area contributed by atoms with Gasteiger partial charge in [0.05, 0.1) is 6.61 Å². The molecule has 1 heterocycles. The third-order valence-electron chi connectivity index (χ3n) is 4.72. The molecule has 0 spiro atoms. The smallest absolute Gasteiger partial charge is 0.255 e. The van der Waals surface area contributed by atoms with Crippen LogP contribution in [0.2, 0.25) is 0 Å². The van der Waals surface area contributed by atoms with Gasteiger partial charge in [0.2, 0.25) is 0 Å². The quantitative estimate of drug-likeness (QED) is 0.836. The van der Waals surface area contributed by atoms with Crippen molar-refractivity contribution in [3.63, 3.8) is 0 Å². The number of nitrogens with zero attached hydrogens (tertiary/aromatic N) is 1. The predicted molar refractivity (Wildman–Crippen MR) is 109 cm³/mol. The Bertz CT molecular complexity index is 740. The van der Waals surface area contributed by atoms with Crippen molar-refractivity contribution in [2.24, 2.45) is 0 Å². The monoisotopic (exact) mass is 370 g/mol. The highest BCUT2D eigenvalue weighted by Crippen LogP contribution is 2.22. The molecule has 4 nitrogen and oxygen atoms in total. The highest BCUT2D eigenvalue weighted by atomic mass is 32.2. The first-order chi connectivity index (χ1) is 12.7. The molecule has 26 heavy (non-hydrogen) atoms. The van der Waals surface area contributed by atoms with E-state index in [2.05, 4.69) is 23.2 Å². The Morgan fingerprint density at radius 1 is 1.15 bits per heavy atom. The van der Waals surface area contributed by atoms with E-state index in [4.69, 9.17) is 4.74 Å². The van der Waals surface area contributed by atoms with Crippen molar-refractivity contribution < 1.29 is 9.53 Å². The number of nitrogens with one attached hydrogen (secondary N) is 1. The van der Waals surface area contributed by atoms with Crippen LogP contribution in [-0.4, -0.2) is 42.5 Å². The fourth-order valence-electron chi connectivity index (χ4n) is 3.10. The third kappa shape index (κ3) is 4.87. The lowest BCUT2D eigenvalue weighted by Crippen LogP contribution is -2.32. The maximum Gasteiger partial charge on any atom is 0.255 e. The SMILES string of the molecule is COCc1ccc(C(=O)Nc2cccc(CN3CCSCC3)c2C)cc1. The minimum atomic E-state index is -0.0800. The van der Waals surface area contributed by atoms with Crippen molar-refractivity contribution >= 4 is 23.4 Å². The van der Waals surface area contributed by atoms with Gasteiger partial charge in [-0.25, -0.2) is 0 Å². The zero-order chi connectivity index (χ0) is 18.4. The summed E-state index contributed by atoms with van der Waals surface area (Å²) in [5.74, 6) is 2.33. The number of ether oxygens (including phenoxy) is 1. The second-order valence-electron chi connectivity index (χ2n) is 6.56. The number of anilines is 1. The molecular weight excluding hydrogens is 344 g/mol. The van der Waals surface area contributed by atoms with Gasteiger partial charge in [-0.1, -0.05) is 24.3 Å². The molecule has 1 amide bonds. The van der Waals surface area contributed by atoms with Gasteiger partial charge in [-0.3, -0.25) is 9.69 Å². The van der Waals surface area contributed by atoms with E-state index in [0.29, 0.717) is 12.2 Å². The summed E-state index contributed by atoms with van der Waals surface area (Å²) in [6.07, 6.45) is 0. The molecule has 1 N–H and O–H groups in total. The molecule has 1 aliphatic rings. The highest BCUT2D eigenvalue weighted by molar-refractivity contribution is 7.99. The maximum atomic E-state index is 12.6. The molecule has 0 aliphatic carbocycles. The van der Waals surface area contributed by atoms with E-state index in [9.17, 15) is 4.79 Å². The van der Waals surface area contributed by atoms with Crippen LogP contribution in [0.4, 0.5) is 5.69 Å². The first-order valence-electron chi connectivity index (χ1n) is 8.95. The van der Waals surface area contributed by atoms with Gasteiger partial charge in [0.1, 0.15) is 0 Å². The van der Waals surface area contributed by atoms with Crippen molar-refractivity contribution in [3.8, 4) is 0 Å². The lowest BCUT2D eigenvalue weighted by Gasteiger charge is -2.27. The molecule has 2 aromatic carbocycles. The second kappa shape index (κ2) is 9.21. The molecule has 1 saturated heterocycles. The van der Waals surface area contributed by atoms with Crippen LogP contribution in [0.15, 0.2) is 42.5 Å². The van der Waals surface area contributed by atoms with Gasteiger partial charge in [0, 0.05) is 49.5 Å². The molecular formula is C21H26N2O2S. The average Bonchev–Trinajstić information content (AvgIpc) is 2.66. The van der Waals surface area contributed by atoms with Crippen LogP contribution in [0, 0.1) is 6.92 Å². The van der Waals surface area contributed by atoms with Gasteiger partial charge in [-0.05, 0) is 41.8 Å². The minimum absolute atomic E-state index is 0.0800. The summed E-state index contributed by atoms with van der Waals surface area (Å²) in [4.78, 5) is 15.1. The number of carbonyl (C=O) groups excluding carboxylic acids is 1. The van der Waals surface area contributed by atoms with E-state index >= 15 is 0 Å². The summed E-state index contributed by atoms with van der Waals surface area (Å²) in [6, 6.07) is 13.7. The molecule has 1 fully saturated rings. The van der Waals surface area contributed by atoms with Crippen LogP contribution in [0.5, 0.6) is 0 Å². The summed E-state index contributed by atoms with van der Waals surface area (Å²) >= 11 is 2.02. The van der Waals surface area contributed by atoms with Gasteiger partial charge in [-0.2, -0.15) is 11.8 Å². The fourth-order valence-corrected chi connectivity index (χ4v) is 4.08. The van der Waals surface area contributed by atoms with E-state index in [-0.39, 0.29) is 5.91 Å². The molecule has 138 valence electrons. The Balaban J connectivity index is 1.68. The number of hydrogen-bond donors (Lipinski definition) is 1. The molecule has 0 atom stereocenters. The van der Waals surface area contributed by atoms with E-state index in [1.807, 2.05) is 48.2 Å². The van der Waals surface area contributed by atoms with Gasteiger partial charge >= 0.3 is 0 Å². The summed E-state index contributed by atoms with van der Waals surface area (Å²) < 4.78 is 5.11. The van der Waals surface area contributed by atoms with Crippen LogP contribution in [0.25, 0.3) is 0 Å². The summed E-state index contributed by atoms with van der Waals surface area (Å²) in [7, 11) is 1.67. The van der Waals surface area contributed by atoms with E-state index in [1.165, 1.54) is 17.1 Å². The van der Waals surface area contributed by atoms with Gasteiger partial charge in [0.25, 0.3) is 5.91 Å². The van der Waals surface area contributed by atoms with Crippen molar-refractivity contribution in [1.82, 2.24) is 4.90 Å². The number of benzene rings is 2. The maximum absolute atomic E-state index is 12.6. The number of hydrogen-bond acceptors (Lipinski definition) is 4. The largest absolute Gasteiger partial charge is 0.380 e. The third-order valence-corrected chi connectivity index (χ3v) is 5.66. The highest BCUT2D eigenvalue weighted by Gasteiger charge is 2.14. The Labute approximate surface area is 159 Å². The summed E-state index contributed by atoms with van der Waals surface area (Å²) in [5, 5.41) is 3.06. The first-order valence-corrected chi connectivity index (χ1v) is 10.1. The second-order valence-corrected chi connectivity index (χ2v) is 7.79. The number of rotatable bonds is 6. The topological polar surface area (TPSA) is 41.6 Å². The van der Waals surface area contributed by atoms with Crippen molar-refractivity contribution in [1.29, 1.82) is 0 Å². The molecule has 0 aromatic heterocycles. The zero-order valence-corrected chi connectivity index (χ0v) is 16.3. The van der Waals surface area contributed by atoms with E-state index in [0.717, 1.165) is 36.4 Å². The van der Waals surface area contributed by atoms with Crippen molar-refractivity contribution in [3.05, 3.63) is 64.7 Å². The van der Waals surface area contributed by atoms with Crippen LogP contribution in [0.3, 0.4) is 0 Å². The zero-order valence-electron chi connectivity index (χ0n) is 15.5. The predicted octanol–water partition coefficient (Wildman–Crippen LogP) is 3.94. The molecule has 0 radical (unpaired) electrons. The molecule has 0 bridgehead atoms. The standard InChI is InChI=1S/C21H26N2O2S/c1-16-19(14-23-10-12-26-13-11-23)4-3-5-20(16)22-21(24)18-8-6-17(7-9-18)15-25-2/h3-9H,10-15H2,1-2H3,(H,22,24). The Morgan fingerprint density at radius 2 is 1.88 bits per heavy atom. The van der Waals surface area contributed by atoms with Crippen LogP contribution < -0.4 is 5.32 Å². The Morgan fingerprint density at radius 3 is 2.58 bits per heavy atom.